The molecule has 0 bridgehead atoms. The van der Waals surface area contributed by atoms with Crippen molar-refractivity contribution < 1.29 is 19.1 Å². The van der Waals surface area contributed by atoms with Gasteiger partial charge in [0.1, 0.15) is 17.2 Å². The lowest BCUT2D eigenvalue weighted by Gasteiger charge is -2.26. The molecule has 0 spiro atoms. The smallest absolute Gasteiger partial charge is 0.319 e. The second-order valence-corrected chi connectivity index (χ2v) is 9.37. The highest BCUT2D eigenvalue weighted by molar-refractivity contribution is 6.33. The van der Waals surface area contributed by atoms with Crippen molar-refractivity contribution in [2.45, 2.75) is 25.3 Å². The number of hydrogen-bond acceptors (Lipinski definition) is 5. The van der Waals surface area contributed by atoms with E-state index in [1.165, 1.54) is 6.08 Å². The highest BCUT2D eigenvalue weighted by Crippen LogP contribution is 2.38. The van der Waals surface area contributed by atoms with Gasteiger partial charge in [-0.1, -0.05) is 24.3 Å². The number of aromatic nitrogens is 1. The molecule has 1 fully saturated rings. The fraction of sp³-hybridized carbons (Fsp3) is 0.250. The molecule has 190 valence electrons. The summed E-state index contributed by atoms with van der Waals surface area (Å²) < 4.78 is 11.9. The van der Waals surface area contributed by atoms with Gasteiger partial charge >= 0.3 is 6.03 Å². The lowest BCUT2D eigenvalue weighted by molar-refractivity contribution is -0.125. The summed E-state index contributed by atoms with van der Waals surface area (Å²) in [5.41, 5.74) is 3.24. The van der Waals surface area contributed by atoms with Crippen LogP contribution in [0.3, 0.4) is 0 Å². The van der Waals surface area contributed by atoms with Crippen LogP contribution >= 0.6 is 11.6 Å². The van der Waals surface area contributed by atoms with Crippen LogP contribution in [0.25, 0.3) is 16.5 Å². The van der Waals surface area contributed by atoms with Crippen molar-refractivity contribution in [2.75, 3.05) is 25.5 Å². The molecule has 1 aliphatic carbocycles. The normalized spacial score (nSPS) is 15.1. The Labute approximate surface area is 219 Å². The van der Waals surface area contributed by atoms with Crippen LogP contribution in [0.5, 0.6) is 17.2 Å². The summed E-state index contributed by atoms with van der Waals surface area (Å²) in [6.07, 6.45) is 7.75. The Morgan fingerprint density at radius 1 is 1.19 bits per heavy atom. The first-order valence-electron chi connectivity index (χ1n) is 12.1. The first kappa shape index (κ1) is 24.6. The number of amides is 3. The predicted octanol–water partition coefficient (Wildman–Crippen LogP) is 5.77. The maximum atomic E-state index is 12.1. The number of pyridine rings is 1. The van der Waals surface area contributed by atoms with E-state index in [0.29, 0.717) is 47.5 Å². The molecule has 37 heavy (non-hydrogen) atoms. The number of nitrogens with zero attached hydrogens (tertiary/aromatic N) is 2. The summed E-state index contributed by atoms with van der Waals surface area (Å²) in [5.74, 6) is 1.76. The third-order valence-electron chi connectivity index (χ3n) is 6.39. The standard InChI is InChI=1S/C28H27ClN4O4/c1-3-27(34)33-12-9-17(10-13-33)20-15-21-24(16-26(20)36-2)30-11-8-25(21)37-19-6-7-23(22(29)14-19)32-28(35)31-18-4-5-18/h3,6-9,11,14-16,18H,1,4-5,10,12-13H2,2H3,(H2,31,32,35). The van der Waals surface area contributed by atoms with Crippen LogP contribution in [-0.2, 0) is 4.79 Å². The van der Waals surface area contributed by atoms with Gasteiger partial charge < -0.3 is 25.0 Å². The third-order valence-corrected chi connectivity index (χ3v) is 6.71. The van der Waals surface area contributed by atoms with Gasteiger partial charge in [-0.3, -0.25) is 9.78 Å². The van der Waals surface area contributed by atoms with E-state index in [2.05, 4.69) is 22.2 Å². The first-order valence-corrected chi connectivity index (χ1v) is 12.5. The Kier molecular flexibility index (Phi) is 7.01. The summed E-state index contributed by atoms with van der Waals surface area (Å²) >= 11 is 6.43. The summed E-state index contributed by atoms with van der Waals surface area (Å²) in [6, 6.07) is 10.8. The zero-order valence-electron chi connectivity index (χ0n) is 20.4. The molecule has 1 aliphatic heterocycles. The first-order chi connectivity index (χ1) is 17.9. The molecule has 0 saturated heterocycles. The van der Waals surface area contributed by atoms with Crippen molar-refractivity contribution in [1.29, 1.82) is 0 Å². The van der Waals surface area contributed by atoms with Gasteiger partial charge in [0.05, 0.1) is 23.3 Å². The van der Waals surface area contributed by atoms with Crippen LogP contribution in [0.15, 0.2) is 61.3 Å². The van der Waals surface area contributed by atoms with Gasteiger partial charge in [-0.25, -0.2) is 4.79 Å². The molecule has 3 amide bonds. The molecular formula is C28H27ClN4O4. The Balaban J connectivity index is 1.41. The van der Waals surface area contributed by atoms with Crippen LogP contribution in [0.1, 0.15) is 24.8 Å². The lowest BCUT2D eigenvalue weighted by Crippen LogP contribution is -2.33. The van der Waals surface area contributed by atoms with E-state index >= 15 is 0 Å². The van der Waals surface area contributed by atoms with Crippen molar-refractivity contribution in [3.8, 4) is 17.2 Å². The van der Waals surface area contributed by atoms with E-state index in [4.69, 9.17) is 21.1 Å². The van der Waals surface area contributed by atoms with E-state index in [1.54, 1.807) is 42.5 Å². The molecule has 1 saturated carbocycles. The van der Waals surface area contributed by atoms with Gasteiger partial charge in [0.25, 0.3) is 0 Å². The Morgan fingerprint density at radius 3 is 2.70 bits per heavy atom. The molecule has 8 nitrogen and oxygen atoms in total. The molecule has 0 atom stereocenters. The van der Waals surface area contributed by atoms with E-state index in [0.717, 1.165) is 34.9 Å². The number of ether oxygens (including phenoxy) is 2. The molecule has 2 aliphatic rings. The van der Waals surface area contributed by atoms with Crippen LogP contribution in [0, 0.1) is 0 Å². The van der Waals surface area contributed by atoms with E-state index < -0.39 is 0 Å². The second kappa shape index (κ2) is 10.5. The fourth-order valence-corrected chi connectivity index (χ4v) is 4.48. The maximum absolute atomic E-state index is 12.1. The van der Waals surface area contributed by atoms with Gasteiger partial charge in [-0.15, -0.1) is 0 Å². The number of fused-ring (bicyclic) bond motifs is 1. The van der Waals surface area contributed by atoms with Crippen molar-refractivity contribution in [1.82, 2.24) is 15.2 Å². The second-order valence-electron chi connectivity index (χ2n) is 8.96. The van der Waals surface area contributed by atoms with E-state index in [1.807, 2.05) is 18.2 Å². The number of benzene rings is 2. The molecule has 2 aromatic carbocycles. The minimum Gasteiger partial charge on any atom is -0.496 e. The number of carbonyl (C=O) groups is 2. The topological polar surface area (TPSA) is 92.8 Å². The number of halogens is 1. The number of urea groups is 1. The monoisotopic (exact) mass is 518 g/mol. The molecule has 0 radical (unpaired) electrons. The van der Waals surface area contributed by atoms with Crippen LogP contribution in [-0.4, -0.2) is 48.1 Å². The SMILES string of the molecule is C=CC(=O)N1CC=C(c2cc3c(Oc4ccc(NC(=O)NC5CC5)c(Cl)c4)ccnc3cc2OC)CC1. The minimum absolute atomic E-state index is 0.0796. The van der Waals surface area contributed by atoms with Crippen molar-refractivity contribution in [3.63, 3.8) is 0 Å². The Morgan fingerprint density at radius 2 is 2.03 bits per heavy atom. The van der Waals surface area contributed by atoms with E-state index in [9.17, 15) is 9.59 Å². The number of hydrogen-bond donors (Lipinski definition) is 2. The van der Waals surface area contributed by atoms with E-state index in [-0.39, 0.29) is 18.0 Å². The average molecular weight is 519 g/mol. The fourth-order valence-electron chi connectivity index (χ4n) is 4.26. The number of rotatable bonds is 7. The molecule has 0 unspecified atom stereocenters. The van der Waals surface area contributed by atoms with Gasteiger partial charge in [0.15, 0.2) is 0 Å². The zero-order valence-corrected chi connectivity index (χ0v) is 21.2. The molecule has 9 heteroatoms. The number of methoxy groups -OCH3 is 1. The van der Waals surface area contributed by atoms with Crippen molar-refractivity contribution in [2.24, 2.45) is 0 Å². The van der Waals surface area contributed by atoms with Gasteiger partial charge in [-0.05, 0) is 55.2 Å². The van der Waals surface area contributed by atoms with Gasteiger partial charge in [0, 0.05) is 48.4 Å². The highest BCUT2D eigenvalue weighted by atomic mass is 35.5. The summed E-state index contributed by atoms with van der Waals surface area (Å²) in [7, 11) is 1.63. The van der Waals surface area contributed by atoms with Gasteiger partial charge in [-0.2, -0.15) is 0 Å². The summed E-state index contributed by atoms with van der Waals surface area (Å²) in [6.45, 7) is 4.68. The van der Waals surface area contributed by atoms with Crippen molar-refractivity contribution >= 4 is 45.7 Å². The van der Waals surface area contributed by atoms with Crippen LogP contribution in [0.4, 0.5) is 10.5 Å². The molecule has 2 N–H and O–H groups in total. The largest absolute Gasteiger partial charge is 0.496 e. The Hall–Kier alpha value is -4.04. The summed E-state index contributed by atoms with van der Waals surface area (Å²) in [4.78, 5) is 30.3. The van der Waals surface area contributed by atoms with Crippen molar-refractivity contribution in [3.05, 3.63) is 71.9 Å². The minimum atomic E-state index is -0.270. The summed E-state index contributed by atoms with van der Waals surface area (Å²) in [5, 5.41) is 6.83. The number of carbonyl (C=O) groups excluding carboxylic acids is 2. The predicted molar refractivity (Wildman–Crippen MR) is 144 cm³/mol. The zero-order chi connectivity index (χ0) is 25.9. The highest BCUT2D eigenvalue weighted by Gasteiger charge is 2.23. The number of anilines is 1. The van der Waals surface area contributed by atoms with Crippen LogP contribution < -0.4 is 20.1 Å². The van der Waals surface area contributed by atoms with Gasteiger partial charge in [0.2, 0.25) is 5.91 Å². The molecule has 5 rings (SSSR count). The molecule has 3 aromatic rings. The Bertz CT molecular complexity index is 1420. The third kappa shape index (κ3) is 5.54. The quantitative estimate of drug-likeness (QED) is 0.387. The van der Waals surface area contributed by atoms with Crippen LogP contribution in [0.2, 0.25) is 5.02 Å². The molecule has 2 heterocycles. The maximum Gasteiger partial charge on any atom is 0.319 e. The average Bonchev–Trinajstić information content (AvgIpc) is 3.73. The lowest BCUT2D eigenvalue weighted by atomic mass is 9.96. The molecular weight excluding hydrogens is 492 g/mol. The number of nitrogens with one attached hydrogen (secondary N) is 2. The molecule has 1 aromatic heterocycles.